The summed E-state index contributed by atoms with van der Waals surface area (Å²) in [7, 11) is 0. The Hall–Kier alpha value is -2.57. The van der Waals surface area contributed by atoms with Crippen LogP contribution < -0.4 is 10.2 Å². The Morgan fingerprint density at radius 3 is 2.86 bits per heavy atom. The van der Waals surface area contributed by atoms with E-state index in [-0.39, 0.29) is 17.4 Å². The number of para-hydroxylation sites is 2. The summed E-state index contributed by atoms with van der Waals surface area (Å²) < 4.78 is 5.88. The summed E-state index contributed by atoms with van der Waals surface area (Å²) in [5.41, 5.74) is 1.46. The Labute approximate surface area is 165 Å². The van der Waals surface area contributed by atoms with E-state index in [9.17, 15) is 9.59 Å². The predicted molar refractivity (Wildman–Crippen MR) is 107 cm³/mol. The van der Waals surface area contributed by atoms with E-state index < -0.39 is 0 Å². The maximum atomic E-state index is 12.8. The number of fused-ring (bicyclic) bond motifs is 1. The third kappa shape index (κ3) is 3.84. The lowest BCUT2D eigenvalue weighted by Gasteiger charge is -2.29. The van der Waals surface area contributed by atoms with Crippen LogP contribution in [-0.2, 0) is 9.59 Å². The van der Waals surface area contributed by atoms with E-state index in [4.69, 9.17) is 4.42 Å². The van der Waals surface area contributed by atoms with Crippen molar-refractivity contribution in [3.63, 3.8) is 0 Å². The molecular formula is C21H28N4O3. The number of nitrogens with zero attached hydrogens (tertiary/aromatic N) is 3. The van der Waals surface area contributed by atoms with Gasteiger partial charge in [-0.15, -0.1) is 0 Å². The summed E-state index contributed by atoms with van der Waals surface area (Å²) >= 11 is 0. The van der Waals surface area contributed by atoms with Crippen molar-refractivity contribution in [2.24, 2.45) is 0 Å². The highest BCUT2D eigenvalue weighted by molar-refractivity contribution is 5.80. The number of hydrogen-bond donors (Lipinski definition) is 1. The Bertz CT molecular complexity index is 831. The smallest absolute Gasteiger partial charge is 0.298 e. The average molecular weight is 384 g/mol. The zero-order valence-corrected chi connectivity index (χ0v) is 16.4. The molecule has 2 aliphatic heterocycles. The van der Waals surface area contributed by atoms with Crippen molar-refractivity contribution in [3.05, 3.63) is 24.3 Å². The molecule has 4 rings (SSSR count). The quantitative estimate of drug-likeness (QED) is 0.857. The standard InChI is InChI=1S/C21H28N4O3/c1-2-21(10-8-18(26)23-21)11-9-19(27)24-12-5-13-25(15-14-24)20-22-16-6-3-4-7-17(16)28-20/h3-4,6-7H,2,5,8-15H2,1H3,(H,23,26)/t21-/m0/s1. The molecule has 2 fully saturated rings. The normalized spacial score (nSPS) is 23.1. The van der Waals surface area contributed by atoms with Crippen molar-refractivity contribution in [2.45, 2.75) is 51.0 Å². The summed E-state index contributed by atoms with van der Waals surface area (Å²) in [5.74, 6) is 0.284. The van der Waals surface area contributed by atoms with Crippen molar-refractivity contribution >= 4 is 28.9 Å². The van der Waals surface area contributed by atoms with Gasteiger partial charge in [-0.05, 0) is 37.8 Å². The Balaban J connectivity index is 1.34. The minimum absolute atomic E-state index is 0.109. The third-order valence-electron chi connectivity index (χ3n) is 6.13. The van der Waals surface area contributed by atoms with Crippen molar-refractivity contribution in [3.8, 4) is 0 Å². The van der Waals surface area contributed by atoms with Crippen LogP contribution >= 0.6 is 0 Å². The van der Waals surface area contributed by atoms with Crippen LogP contribution in [0.4, 0.5) is 6.01 Å². The highest BCUT2D eigenvalue weighted by Crippen LogP contribution is 2.29. The first-order chi connectivity index (χ1) is 13.6. The summed E-state index contributed by atoms with van der Waals surface area (Å²) in [6.07, 6.45) is 4.38. The van der Waals surface area contributed by atoms with Gasteiger partial charge in [-0.3, -0.25) is 9.59 Å². The number of nitrogens with one attached hydrogen (secondary N) is 1. The summed E-state index contributed by atoms with van der Waals surface area (Å²) in [4.78, 5) is 33.1. The van der Waals surface area contributed by atoms with E-state index in [1.807, 2.05) is 29.2 Å². The molecule has 0 saturated carbocycles. The number of aromatic nitrogens is 1. The van der Waals surface area contributed by atoms with Crippen LogP contribution in [0.5, 0.6) is 0 Å². The molecule has 0 radical (unpaired) electrons. The van der Waals surface area contributed by atoms with Gasteiger partial charge in [0.2, 0.25) is 11.8 Å². The molecule has 2 saturated heterocycles. The Morgan fingerprint density at radius 2 is 2.11 bits per heavy atom. The van der Waals surface area contributed by atoms with Gasteiger partial charge in [0, 0.05) is 44.6 Å². The number of carbonyl (C=O) groups is 2. The molecular weight excluding hydrogens is 356 g/mol. The molecule has 2 aromatic rings. The van der Waals surface area contributed by atoms with Gasteiger partial charge in [0.05, 0.1) is 0 Å². The molecule has 1 N–H and O–H groups in total. The van der Waals surface area contributed by atoms with E-state index in [0.717, 1.165) is 49.9 Å². The minimum atomic E-state index is -0.192. The SMILES string of the molecule is CC[C@@]1(CCC(=O)N2CCCN(c3nc4ccccc4o3)CC2)CCC(=O)N1. The minimum Gasteiger partial charge on any atom is -0.423 e. The lowest BCUT2D eigenvalue weighted by atomic mass is 9.88. The van der Waals surface area contributed by atoms with Crippen LogP contribution in [0.25, 0.3) is 11.1 Å². The summed E-state index contributed by atoms with van der Waals surface area (Å²) in [5, 5.41) is 3.09. The fraction of sp³-hybridized carbons (Fsp3) is 0.571. The molecule has 1 aromatic carbocycles. The lowest BCUT2D eigenvalue weighted by molar-refractivity contribution is -0.131. The second-order valence-electron chi connectivity index (χ2n) is 7.87. The highest BCUT2D eigenvalue weighted by atomic mass is 16.4. The first-order valence-electron chi connectivity index (χ1n) is 10.3. The second-order valence-corrected chi connectivity index (χ2v) is 7.87. The topological polar surface area (TPSA) is 78.7 Å². The van der Waals surface area contributed by atoms with E-state index in [1.54, 1.807) is 0 Å². The first kappa shape index (κ1) is 18.8. The van der Waals surface area contributed by atoms with Crippen LogP contribution in [0.2, 0.25) is 0 Å². The van der Waals surface area contributed by atoms with E-state index in [0.29, 0.717) is 31.9 Å². The van der Waals surface area contributed by atoms with Crippen LogP contribution in [0.1, 0.15) is 45.4 Å². The third-order valence-corrected chi connectivity index (χ3v) is 6.13. The molecule has 7 nitrogen and oxygen atoms in total. The number of carbonyl (C=O) groups excluding carboxylic acids is 2. The fourth-order valence-electron chi connectivity index (χ4n) is 4.26. The van der Waals surface area contributed by atoms with Crippen LogP contribution in [-0.4, -0.2) is 53.4 Å². The van der Waals surface area contributed by atoms with Gasteiger partial charge in [-0.25, -0.2) is 0 Å². The van der Waals surface area contributed by atoms with Gasteiger partial charge in [-0.2, -0.15) is 4.98 Å². The summed E-state index contributed by atoms with van der Waals surface area (Å²) in [6.45, 7) is 5.05. The highest BCUT2D eigenvalue weighted by Gasteiger charge is 2.36. The molecule has 3 heterocycles. The lowest BCUT2D eigenvalue weighted by Crippen LogP contribution is -2.43. The fourth-order valence-corrected chi connectivity index (χ4v) is 4.26. The van der Waals surface area contributed by atoms with Crippen LogP contribution in [0, 0.1) is 0 Å². The number of rotatable bonds is 5. The second kappa shape index (κ2) is 7.81. The van der Waals surface area contributed by atoms with Gasteiger partial charge >= 0.3 is 0 Å². The van der Waals surface area contributed by atoms with Crippen molar-refractivity contribution in [2.75, 3.05) is 31.1 Å². The van der Waals surface area contributed by atoms with Gasteiger partial charge in [0.1, 0.15) is 5.52 Å². The van der Waals surface area contributed by atoms with Crippen LogP contribution in [0.15, 0.2) is 28.7 Å². The molecule has 2 aliphatic rings. The molecule has 0 aliphatic carbocycles. The molecule has 0 unspecified atom stereocenters. The van der Waals surface area contributed by atoms with Gasteiger partial charge < -0.3 is 19.5 Å². The molecule has 2 amide bonds. The summed E-state index contributed by atoms with van der Waals surface area (Å²) in [6, 6.07) is 8.39. The Kier molecular flexibility index (Phi) is 5.24. The van der Waals surface area contributed by atoms with Gasteiger partial charge in [0.25, 0.3) is 6.01 Å². The van der Waals surface area contributed by atoms with E-state index >= 15 is 0 Å². The largest absolute Gasteiger partial charge is 0.423 e. The van der Waals surface area contributed by atoms with Gasteiger partial charge in [0.15, 0.2) is 5.58 Å². The number of benzene rings is 1. The molecule has 7 heteroatoms. The zero-order chi connectivity index (χ0) is 19.6. The van der Waals surface area contributed by atoms with Crippen molar-refractivity contribution in [1.29, 1.82) is 0 Å². The number of oxazole rings is 1. The number of amides is 2. The van der Waals surface area contributed by atoms with Gasteiger partial charge in [-0.1, -0.05) is 19.1 Å². The Morgan fingerprint density at radius 1 is 1.25 bits per heavy atom. The van der Waals surface area contributed by atoms with E-state index in [1.165, 1.54) is 0 Å². The van der Waals surface area contributed by atoms with E-state index in [2.05, 4.69) is 22.1 Å². The zero-order valence-electron chi connectivity index (χ0n) is 16.4. The first-order valence-corrected chi connectivity index (χ1v) is 10.3. The maximum absolute atomic E-state index is 12.8. The average Bonchev–Trinajstić information content (AvgIpc) is 3.22. The molecule has 28 heavy (non-hydrogen) atoms. The molecule has 150 valence electrons. The molecule has 0 bridgehead atoms. The molecule has 1 aromatic heterocycles. The molecule has 1 atom stereocenters. The monoisotopic (exact) mass is 384 g/mol. The number of hydrogen-bond acceptors (Lipinski definition) is 5. The van der Waals surface area contributed by atoms with Crippen LogP contribution in [0.3, 0.4) is 0 Å². The van der Waals surface area contributed by atoms with Crippen molar-refractivity contribution < 1.29 is 14.0 Å². The predicted octanol–water partition coefficient (Wildman–Crippen LogP) is 2.71. The number of anilines is 1. The maximum Gasteiger partial charge on any atom is 0.298 e. The molecule has 0 spiro atoms. The van der Waals surface area contributed by atoms with Crippen molar-refractivity contribution in [1.82, 2.24) is 15.2 Å².